The zero-order chi connectivity index (χ0) is 10.6. The molecule has 1 aromatic carbocycles. The number of carbonyl (C=O) groups excluding carboxylic acids is 2. The number of carbonyl (C=O) groups is 2. The summed E-state index contributed by atoms with van der Waals surface area (Å²) in [6.07, 6.45) is 0. The molecule has 0 saturated carbocycles. The summed E-state index contributed by atoms with van der Waals surface area (Å²) in [6, 6.07) is 5.76. The molecule has 5 heteroatoms. The molecule has 0 aliphatic carbocycles. The molecule has 0 radical (unpaired) electrons. The van der Waals surface area contributed by atoms with Gasteiger partial charge in [-0.05, 0) is 17.7 Å². The lowest BCUT2D eigenvalue weighted by Gasteiger charge is -2.06. The third kappa shape index (κ3) is 2.74. The first-order valence-electron chi connectivity index (χ1n) is 3.80. The molecule has 1 amide bonds. The molecule has 0 atom stereocenters. The largest absolute Gasteiger partial charge is 0.545 e. The number of alkyl halides is 1. The molecule has 0 aliphatic rings. The summed E-state index contributed by atoms with van der Waals surface area (Å²) in [4.78, 5) is 21.3. The second-order valence-corrected chi connectivity index (χ2v) is 2.82. The summed E-state index contributed by atoms with van der Waals surface area (Å²) in [7, 11) is 0. The van der Waals surface area contributed by atoms with Gasteiger partial charge in [-0.1, -0.05) is 12.1 Å². The van der Waals surface area contributed by atoms with Crippen LogP contribution in [0.25, 0.3) is 0 Å². The molecule has 1 N–H and O–H groups in total. The number of carboxylic acids is 1. The Hall–Kier alpha value is -1.55. The van der Waals surface area contributed by atoms with Gasteiger partial charge in [0, 0.05) is 5.69 Å². The van der Waals surface area contributed by atoms with Crippen molar-refractivity contribution in [2.24, 2.45) is 0 Å². The Balaban J connectivity index is 2.83. The molecular formula is C9H7ClNO3-. The lowest BCUT2D eigenvalue weighted by Crippen LogP contribution is -2.22. The second kappa shape index (κ2) is 4.62. The maximum absolute atomic E-state index is 10.9. The summed E-state index contributed by atoms with van der Waals surface area (Å²) in [5.41, 5.74) is 0.398. The van der Waals surface area contributed by atoms with Gasteiger partial charge in [-0.2, -0.15) is 0 Å². The van der Waals surface area contributed by atoms with Crippen LogP contribution in [-0.4, -0.2) is 17.8 Å². The fourth-order valence-electron chi connectivity index (χ4n) is 0.918. The van der Waals surface area contributed by atoms with Gasteiger partial charge in [0.25, 0.3) is 0 Å². The number of rotatable bonds is 3. The fraction of sp³-hybridized carbons (Fsp3) is 0.111. The zero-order valence-corrected chi connectivity index (χ0v) is 7.88. The zero-order valence-electron chi connectivity index (χ0n) is 7.12. The monoisotopic (exact) mass is 212 g/mol. The van der Waals surface area contributed by atoms with E-state index in [9.17, 15) is 14.7 Å². The van der Waals surface area contributed by atoms with Gasteiger partial charge in [0.2, 0.25) is 5.91 Å². The first-order chi connectivity index (χ1) is 6.63. The predicted octanol–water partition coefficient (Wildman–Crippen LogP) is 0.227. The van der Waals surface area contributed by atoms with E-state index in [2.05, 4.69) is 5.32 Å². The lowest BCUT2D eigenvalue weighted by molar-refractivity contribution is -0.255. The number of anilines is 1. The third-order valence-corrected chi connectivity index (χ3v) is 1.75. The molecule has 0 heterocycles. The average molecular weight is 213 g/mol. The highest BCUT2D eigenvalue weighted by Crippen LogP contribution is 2.09. The topological polar surface area (TPSA) is 69.2 Å². The lowest BCUT2D eigenvalue weighted by atomic mass is 10.2. The van der Waals surface area contributed by atoms with Crippen LogP contribution >= 0.6 is 11.6 Å². The van der Waals surface area contributed by atoms with Crippen molar-refractivity contribution < 1.29 is 14.7 Å². The van der Waals surface area contributed by atoms with Gasteiger partial charge >= 0.3 is 0 Å². The van der Waals surface area contributed by atoms with E-state index in [1.54, 1.807) is 6.07 Å². The minimum Gasteiger partial charge on any atom is -0.545 e. The van der Waals surface area contributed by atoms with Crippen LogP contribution in [0.15, 0.2) is 24.3 Å². The molecule has 14 heavy (non-hydrogen) atoms. The molecule has 0 unspecified atom stereocenters. The van der Waals surface area contributed by atoms with Gasteiger partial charge in [-0.3, -0.25) is 4.79 Å². The van der Waals surface area contributed by atoms with Crippen LogP contribution in [0.1, 0.15) is 10.4 Å². The van der Waals surface area contributed by atoms with Gasteiger partial charge in [0.05, 0.1) is 5.97 Å². The van der Waals surface area contributed by atoms with Crippen LogP contribution < -0.4 is 10.4 Å². The number of amides is 1. The first kappa shape index (κ1) is 10.5. The molecule has 0 spiro atoms. The van der Waals surface area contributed by atoms with E-state index in [0.717, 1.165) is 0 Å². The standard InChI is InChI=1S/C9H8ClNO3/c10-5-8(12)11-7-3-1-2-6(4-7)9(13)14/h1-4H,5H2,(H,11,12)(H,13,14)/p-1. The summed E-state index contributed by atoms with van der Waals surface area (Å²) < 4.78 is 0. The predicted molar refractivity (Wildman–Crippen MR) is 50.1 cm³/mol. The number of halogens is 1. The number of hydrogen-bond acceptors (Lipinski definition) is 3. The van der Waals surface area contributed by atoms with Crippen molar-refractivity contribution in [1.29, 1.82) is 0 Å². The Morgan fingerprint density at radius 2 is 2.14 bits per heavy atom. The van der Waals surface area contributed by atoms with E-state index in [1.165, 1.54) is 18.2 Å². The SMILES string of the molecule is O=C(CCl)Nc1cccc(C(=O)[O-])c1. The third-order valence-electron chi connectivity index (χ3n) is 1.50. The van der Waals surface area contributed by atoms with E-state index >= 15 is 0 Å². The summed E-state index contributed by atoms with van der Waals surface area (Å²) in [6.45, 7) is 0. The van der Waals surface area contributed by atoms with E-state index < -0.39 is 5.97 Å². The highest BCUT2D eigenvalue weighted by Gasteiger charge is 2.00. The Bertz CT molecular complexity index is 365. The van der Waals surface area contributed by atoms with E-state index in [-0.39, 0.29) is 17.4 Å². The summed E-state index contributed by atoms with van der Waals surface area (Å²) in [5, 5.41) is 12.9. The highest BCUT2D eigenvalue weighted by molar-refractivity contribution is 6.29. The van der Waals surface area contributed by atoms with Gasteiger partial charge in [-0.15, -0.1) is 11.6 Å². The van der Waals surface area contributed by atoms with Crippen molar-refractivity contribution >= 4 is 29.2 Å². The smallest absolute Gasteiger partial charge is 0.239 e. The molecule has 1 rings (SSSR count). The highest BCUT2D eigenvalue weighted by atomic mass is 35.5. The molecule has 0 aliphatic heterocycles. The molecule has 1 aromatic rings. The quantitative estimate of drug-likeness (QED) is 0.729. The Morgan fingerprint density at radius 1 is 1.43 bits per heavy atom. The molecule has 4 nitrogen and oxygen atoms in total. The molecular weight excluding hydrogens is 206 g/mol. The minimum absolute atomic E-state index is 0.0115. The number of nitrogens with one attached hydrogen (secondary N) is 1. The molecule has 0 saturated heterocycles. The maximum atomic E-state index is 10.9. The van der Waals surface area contributed by atoms with Gasteiger partial charge in [0.15, 0.2) is 0 Å². The first-order valence-corrected chi connectivity index (χ1v) is 4.34. The number of benzene rings is 1. The molecule has 74 valence electrons. The number of carboxylic acid groups (broad SMARTS) is 1. The van der Waals surface area contributed by atoms with Crippen molar-refractivity contribution in [3.05, 3.63) is 29.8 Å². The van der Waals surface area contributed by atoms with Crippen LogP contribution in [-0.2, 0) is 4.79 Å². The van der Waals surface area contributed by atoms with Crippen molar-refractivity contribution in [1.82, 2.24) is 0 Å². The van der Waals surface area contributed by atoms with E-state index in [1.807, 2.05) is 0 Å². The molecule has 0 bridgehead atoms. The van der Waals surface area contributed by atoms with Crippen LogP contribution in [0.5, 0.6) is 0 Å². The molecule has 0 fully saturated rings. The van der Waals surface area contributed by atoms with Gasteiger partial charge < -0.3 is 15.2 Å². The van der Waals surface area contributed by atoms with E-state index in [4.69, 9.17) is 11.6 Å². The second-order valence-electron chi connectivity index (χ2n) is 2.55. The van der Waals surface area contributed by atoms with Gasteiger partial charge in [0.1, 0.15) is 5.88 Å². The van der Waals surface area contributed by atoms with Crippen molar-refractivity contribution in [3.8, 4) is 0 Å². The van der Waals surface area contributed by atoms with Crippen LogP contribution in [0.2, 0.25) is 0 Å². The summed E-state index contributed by atoms with van der Waals surface area (Å²) in [5.74, 6) is -1.84. The van der Waals surface area contributed by atoms with Crippen LogP contribution in [0.4, 0.5) is 5.69 Å². The average Bonchev–Trinajstić information content (AvgIpc) is 2.18. The fourth-order valence-corrected chi connectivity index (χ4v) is 0.985. The number of aromatic carboxylic acids is 1. The molecule has 0 aromatic heterocycles. The van der Waals surface area contributed by atoms with Crippen molar-refractivity contribution in [2.45, 2.75) is 0 Å². The summed E-state index contributed by atoms with van der Waals surface area (Å²) >= 11 is 5.26. The Kier molecular flexibility index (Phi) is 3.48. The van der Waals surface area contributed by atoms with Crippen LogP contribution in [0.3, 0.4) is 0 Å². The van der Waals surface area contributed by atoms with Crippen molar-refractivity contribution in [3.63, 3.8) is 0 Å². The normalized spacial score (nSPS) is 9.50. The Labute approximate surface area is 85.5 Å². The van der Waals surface area contributed by atoms with Crippen molar-refractivity contribution in [2.75, 3.05) is 11.2 Å². The van der Waals surface area contributed by atoms with Gasteiger partial charge in [-0.25, -0.2) is 0 Å². The maximum Gasteiger partial charge on any atom is 0.239 e. The van der Waals surface area contributed by atoms with E-state index in [0.29, 0.717) is 5.69 Å². The number of hydrogen-bond donors (Lipinski definition) is 1. The minimum atomic E-state index is -1.29. The Morgan fingerprint density at radius 3 is 2.71 bits per heavy atom. The van der Waals surface area contributed by atoms with Crippen LogP contribution in [0, 0.1) is 0 Å².